The van der Waals surface area contributed by atoms with Crippen molar-refractivity contribution in [1.82, 2.24) is 0 Å². The second-order valence-corrected chi connectivity index (χ2v) is 13.6. The molecule has 0 radical (unpaired) electrons. The average Bonchev–Trinajstić information content (AvgIpc) is 3.31. The quantitative estimate of drug-likeness (QED) is 0.173. The van der Waals surface area contributed by atoms with Gasteiger partial charge in [0.1, 0.15) is 0 Å². The lowest BCUT2D eigenvalue weighted by molar-refractivity contribution is 0.660. The summed E-state index contributed by atoms with van der Waals surface area (Å²) in [7, 11) is 0. The van der Waals surface area contributed by atoms with Crippen molar-refractivity contribution < 1.29 is 0 Å². The molecule has 0 heterocycles. The Labute approximate surface area is 271 Å². The van der Waals surface area contributed by atoms with Crippen LogP contribution in [-0.2, 0) is 5.41 Å². The SMILES string of the molecule is CC1(C)c2ccccc2-c2ccc(N(c3ccc(-c4ccccc4)cc3)c3ccc4ccc5c(Br)ccc6ccc3c4c65)cc21. The van der Waals surface area contributed by atoms with Crippen LogP contribution >= 0.6 is 15.9 Å². The summed E-state index contributed by atoms with van der Waals surface area (Å²) in [6.07, 6.45) is 0. The second-order valence-electron chi connectivity index (χ2n) is 12.7. The maximum Gasteiger partial charge on any atom is 0.0540 e. The van der Waals surface area contributed by atoms with Crippen LogP contribution in [0.5, 0.6) is 0 Å². The number of fused-ring (bicyclic) bond motifs is 3. The van der Waals surface area contributed by atoms with Crippen LogP contribution in [0, 0.1) is 0 Å². The first-order valence-electron chi connectivity index (χ1n) is 15.5. The zero-order valence-corrected chi connectivity index (χ0v) is 26.8. The van der Waals surface area contributed by atoms with Gasteiger partial charge in [-0.3, -0.25) is 0 Å². The second kappa shape index (κ2) is 9.79. The van der Waals surface area contributed by atoms with Gasteiger partial charge in [-0.2, -0.15) is 0 Å². The van der Waals surface area contributed by atoms with Crippen molar-refractivity contribution in [2.75, 3.05) is 4.90 Å². The molecule has 0 unspecified atom stereocenters. The van der Waals surface area contributed by atoms with Crippen molar-refractivity contribution in [2.45, 2.75) is 19.3 Å². The topological polar surface area (TPSA) is 3.24 Å². The Morgan fingerprint density at radius 2 is 1.09 bits per heavy atom. The summed E-state index contributed by atoms with van der Waals surface area (Å²) < 4.78 is 1.13. The van der Waals surface area contributed by atoms with E-state index in [9.17, 15) is 0 Å². The molecule has 1 aliphatic carbocycles. The van der Waals surface area contributed by atoms with Crippen LogP contribution in [-0.4, -0.2) is 0 Å². The summed E-state index contributed by atoms with van der Waals surface area (Å²) in [5.74, 6) is 0. The number of hydrogen-bond acceptors (Lipinski definition) is 1. The van der Waals surface area contributed by atoms with E-state index in [0.717, 1.165) is 10.2 Å². The van der Waals surface area contributed by atoms with Crippen molar-refractivity contribution >= 4 is 65.3 Å². The molecule has 0 N–H and O–H groups in total. The Bertz CT molecular complexity index is 2400. The summed E-state index contributed by atoms with van der Waals surface area (Å²) in [4.78, 5) is 2.45. The van der Waals surface area contributed by atoms with Crippen molar-refractivity contribution in [3.63, 3.8) is 0 Å². The summed E-state index contributed by atoms with van der Waals surface area (Å²) in [6.45, 7) is 4.71. The molecule has 0 fully saturated rings. The Kier molecular flexibility index (Phi) is 5.76. The van der Waals surface area contributed by atoms with E-state index in [0.29, 0.717) is 0 Å². The molecule has 9 rings (SSSR count). The highest BCUT2D eigenvalue weighted by atomic mass is 79.9. The number of rotatable bonds is 4. The third kappa shape index (κ3) is 3.92. The number of nitrogens with zero attached hydrogens (tertiary/aromatic N) is 1. The van der Waals surface area contributed by atoms with E-state index in [4.69, 9.17) is 0 Å². The lowest BCUT2D eigenvalue weighted by atomic mass is 9.82. The normalized spacial score (nSPS) is 13.4. The third-order valence-electron chi connectivity index (χ3n) is 9.89. The summed E-state index contributed by atoms with van der Waals surface area (Å²) >= 11 is 3.83. The van der Waals surface area contributed by atoms with Gasteiger partial charge in [-0.25, -0.2) is 0 Å². The van der Waals surface area contributed by atoms with E-state index in [-0.39, 0.29) is 5.41 Å². The van der Waals surface area contributed by atoms with E-state index in [1.165, 1.54) is 77.1 Å². The van der Waals surface area contributed by atoms with Gasteiger partial charge in [0.15, 0.2) is 0 Å². The highest BCUT2D eigenvalue weighted by Gasteiger charge is 2.35. The van der Waals surface area contributed by atoms with Gasteiger partial charge in [0.05, 0.1) is 5.69 Å². The molecule has 2 heteroatoms. The number of anilines is 3. The largest absolute Gasteiger partial charge is 0.310 e. The molecule has 0 saturated carbocycles. The lowest BCUT2D eigenvalue weighted by Gasteiger charge is -2.29. The van der Waals surface area contributed by atoms with Crippen LogP contribution in [0.4, 0.5) is 17.1 Å². The molecule has 1 nitrogen and oxygen atoms in total. The van der Waals surface area contributed by atoms with Gasteiger partial charge in [-0.15, -0.1) is 0 Å². The average molecular weight is 641 g/mol. The molecule has 0 spiro atoms. The van der Waals surface area contributed by atoms with E-state index in [1.54, 1.807) is 0 Å². The summed E-state index contributed by atoms with van der Waals surface area (Å²) in [5, 5.41) is 7.64. The number of hydrogen-bond donors (Lipinski definition) is 0. The number of benzene rings is 8. The lowest BCUT2D eigenvalue weighted by Crippen LogP contribution is -2.16. The molecule has 0 bridgehead atoms. The predicted octanol–water partition coefficient (Wildman–Crippen LogP) is 12.8. The Morgan fingerprint density at radius 1 is 0.489 bits per heavy atom. The van der Waals surface area contributed by atoms with E-state index < -0.39 is 0 Å². The van der Waals surface area contributed by atoms with Crippen molar-refractivity contribution in [3.8, 4) is 22.3 Å². The highest BCUT2D eigenvalue weighted by Crippen LogP contribution is 2.51. The molecule has 0 amide bonds. The molecule has 1 aliphatic rings. The summed E-state index contributed by atoms with van der Waals surface area (Å²) in [5.41, 5.74) is 11.3. The third-order valence-corrected chi connectivity index (χ3v) is 10.6. The fourth-order valence-electron chi connectivity index (χ4n) is 7.64. The van der Waals surface area contributed by atoms with Gasteiger partial charge in [-0.05, 0) is 96.7 Å². The van der Waals surface area contributed by atoms with Gasteiger partial charge < -0.3 is 4.90 Å². The fourth-order valence-corrected chi connectivity index (χ4v) is 8.10. The zero-order valence-electron chi connectivity index (χ0n) is 25.2. The molecule has 8 aromatic carbocycles. The predicted molar refractivity (Wildman–Crippen MR) is 196 cm³/mol. The van der Waals surface area contributed by atoms with Crippen LogP contribution < -0.4 is 4.90 Å². The monoisotopic (exact) mass is 639 g/mol. The Morgan fingerprint density at radius 3 is 1.89 bits per heavy atom. The van der Waals surface area contributed by atoms with Gasteiger partial charge in [0.25, 0.3) is 0 Å². The maximum atomic E-state index is 3.83. The van der Waals surface area contributed by atoms with E-state index >= 15 is 0 Å². The minimum absolute atomic E-state index is 0.0836. The first-order chi connectivity index (χ1) is 22.0. The minimum atomic E-state index is -0.0836. The van der Waals surface area contributed by atoms with E-state index in [2.05, 4.69) is 180 Å². The van der Waals surface area contributed by atoms with Crippen molar-refractivity contribution in [3.05, 3.63) is 161 Å². The standard InChI is InChI=1S/C43H30BrN/c1-43(2)37-11-7-6-10-33(37)34-23-20-32(26-38(34)43)45(31-18-12-28(13-19-31)27-8-4-3-5-9-27)40-25-17-30-14-21-35-39(44)24-16-29-15-22-36(40)42(30)41(29)35/h3-26H,1-2H3. The van der Waals surface area contributed by atoms with Crippen LogP contribution in [0.1, 0.15) is 25.0 Å². The molecular formula is C43H30BrN. The van der Waals surface area contributed by atoms with Crippen LogP contribution in [0.3, 0.4) is 0 Å². The molecule has 0 saturated heterocycles. The molecule has 0 atom stereocenters. The fraction of sp³-hybridized carbons (Fsp3) is 0.0698. The molecule has 0 aliphatic heterocycles. The maximum absolute atomic E-state index is 3.83. The van der Waals surface area contributed by atoms with Crippen LogP contribution in [0.25, 0.3) is 54.6 Å². The molecular weight excluding hydrogens is 610 g/mol. The minimum Gasteiger partial charge on any atom is -0.310 e. The van der Waals surface area contributed by atoms with Crippen molar-refractivity contribution in [1.29, 1.82) is 0 Å². The van der Waals surface area contributed by atoms with Crippen molar-refractivity contribution in [2.24, 2.45) is 0 Å². The Hall–Kier alpha value is -4.92. The van der Waals surface area contributed by atoms with Gasteiger partial charge >= 0.3 is 0 Å². The number of halogens is 1. The molecule has 45 heavy (non-hydrogen) atoms. The zero-order chi connectivity index (χ0) is 30.3. The molecule has 214 valence electrons. The first-order valence-corrected chi connectivity index (χ1v) is 16.3. The Balaban J connectivity index is 1.30. The molecule has 8 aromatic rings. The van der Waals surface area contributed by atoms with Crippen LogP contribution in [0.2, 0.25) is 0 Å². The first kappa shape index (κ1) is 26.5. The van der Waals surface area contributed by atoms with Crippen LogP contribution in [0.15, 0.2) is 150 Å². The van der Waals surface area contributed by atoms with Gasteiger partial charge in [0.2, 0.25) is 0 Å². The van der Waals surface area contributed by atoms with Gasteiger partial charge in [-0.1, -0.05) is 139 Å². The summed E-state index contributed by atoms with van der Waals surface area (Å²) in [6, 6.07) is 53.6. The van der Waals surface area contributed by atoms with Gasteiger partial charge in [0, 0.05) is 26.6 Å². The highest BCUT2D eigenvalue weighted by molar-refractivity contribution is 9.10. The smallest absolute Gasteiger partial charge is 0.0540 e. The van der Waals surface area contributed by atoms with E-state index in [1.807, 2.05) is 0 Å². The molecule has 0 aromatic heterocycles.